The zero-order valence-corrected chi connectivity index (χ0v) is 16.1. The molecule has 1 aromatic heterocycles. The third-order valence-electron chi connectivity index (χ3n) is 4.90. The molecule has 7 nitrogen and oxygen atoms in total. The number of para-hydroxylation sites is 2. The predicted octanol–water partition coefficient (Wildman–Crippen LogP) is 1.57. The van der Waals surface area contributed by atoms with Gasteiger partial charge in [0.05, 0.1) is 11.0 Å². The molecule has 0 saturated carbocycles. The van der Waals surface area contributed by atoms with Gasteiger partial charge in [-0.3, -0.25) is 14.4 Å². The highest BCUT2D eigenvalue weighted by Crippen LogP contribution is 2.15. The summed E-state index contributed by atoms with van der Waals surface area (Å²) in [5.41, 5.74) is 1.45. The number of aromatic nitrogens is 2. The number of nitrogens with one attached hydrogen (secondary N) is 1. The number of carbonyl (C=O) groups is 2. The van der Waals surface area contributed by atoms with Gasteiger partial charge in [0.15, 0.2) is 0 Å². The highest BCUT2D eigenvalue weighted by Gasteiger charge is 2.34. The Bertz CT molecular complexity index is 905. The van der Waals surface area contributed by atoms with Crippen molar-refractivity contribution >= 4 is 22.8 Å². The average Bonchev–Trinajstić information content (AvgIpc) is 2.63. The molecule has 1 aromatic carbocycles. The summed E-state index contributed by atoms with van der Waals surface area (Å²) in [6, 6.07) is 6.84. The smallest absolute Gasteiger partial charge is 0.270 e. The standard InChI is InChI=1S/C20H26N4O3/c1-13(2)12-23-10-11-24(14(3)20(23)27)18(25)9-8-17-19(26)22-16-7-5-4-6-15(16)21-17/h4-7,13-14H,8-12H2,1-3H3,(H,22,26)/t14-/m1/s1. The van der Waals surface area contributed by atoms with E-state index in [4.69, 9.17) is 0 Å². The fraction of sp³-hybridized carbons (Fsp3) is 0.500. The van der Waals surface area contributed by atoms with Gasteiger partial charge >= 0.3 is 0 Å². The second kappa shape index (κ2) is 7.90. The monoisotopic (exact) mass is 370 g/mol. The Labute approximate surface area is 158 Å². The molecule has 1 aliphatic heterocycles. The number of carbonyl (C=O) groups excluding carboxylic acids is 2. The van der Waals surface area contributed by atoms with Gasteiger partial charge in [-0.1, -0.05) is 26.0 Å². The summed E-state index contributed by atoms with van der Waals surface area (Å²) in [5.74, 6) is 0.272. The van der Waals surface area contributed by atoms with E-state index in [0.29, 0.717) is 42.3 Å². The molecule has 1 atom stereocenters. The first-order valence-electron chi connectivity index (χ1n) is 9.43. The number of hydrogen-bond acceptors (Lipinski definition) is 4. The van der Waals surface area contributed by atoms with Crippen molar-refractivity contribution in [2.45, 2.75) is 39.7 Å². The summed E-state index contributed by atoms with van der Waals surface area (Å²) in [6.07, 6.45) is 0.419. The van der Waals surface area contributed by atoms with Crippen LogP contribution in [0.25, 0.3) is 11.0 Å². The van der Waals surface area contributed by atoms with E-state index in [1.807, 2.05) is 23.1 Å². The number of aryl methyl sites for hydroxylation is 1. The molecule has 2 heterocycles. The molecule has 0 spiro atoms. The maximum absolute atomic E-state index is 12.6. The van der Waals surface area contributed by atoms with E-state index in [2.05, 4.69) is 23.8 Å². The second-order valence-electron chi connectivity index (χ2n) is 7.47. The number of aromatic amines is 1. The van der Waals surface area contributed by atoms with Crippen LogP contribution in [0.1, 0.15) is 32.9 Å². The van der Waals surface area contributed by atoms with Crippen LogP contribution in [0.3, 0.4) is 0 Å². The lowest BCUT2D eigenvalue weighted by atomic mass is 10.1. The van der Waals surface area contributed by atoms with Crippen molar-refractivity contribution in [3.63, 3.8) is 0 Å². The third-order valence-corrected chi connectivity index (χ3v) is 4.90. The van der Waals surface area contributed by atoms with Crippen molar-refractivity contribution in [2.24, 2.45) is 5.92 Å². The van der Waals surface area contributed by atoms with Gasteiger partial charge in [0.1, 0.15) is 11.7 Å². The van der Waals surface area contributed by atoms with Crippen molar-refractivity contribution in [1.29, 1.82) is 0 Å². The van der Waals surface area contributed by atoms with Crippen LogP contribution in [-0.4, -0.2) is 57.3 Å². The fourth-order valence-electron chi connectivity index (χ4n) is 3.50. The summed E-state index contributed by atoms with van der Waals surface area (Å²) in [5, 5.41) is 0. The van der Waals surface area contributed by atoms with Crippen LogP contribution in [0.2, 0.25) is 0 Å². The first-order valence-corrected chi connectivity index (χ1v) is 9.43. The van der Waals surface area contributed by atoms with E-state index in [1.54, 1.807) is 17.9 Å². The van der Waals surface area contributed by atoms with Crippen molar-refractivity contribution in [3.8, 4) is 0 Å². The van der Waals surface area contributed by atoms with E-state index in [0.717, 1.165) is 0 Å². The van der Waals surface area contributed by atoms with Gasteiger partial charge in [0.2, 0.25) is 11.8 Å². The minimum absolute atomic E-state index is 0.00928. The van der Waals surface area contributed by atoms with Crippen LogP contribution in [0, 0.1) is 5.92 Å². The van der Waals surface area contributed by atoms with E-state index < -0.39 is 6.04 Å². The molecular formula is C20H26N4O3. The first-order chi connectivity index (χ1) is 12.9. The molecule has 1 aliphatic rings. The summed E-state index contributed by atoms with van der Waals surface area (Å²) >= 11 is 0. The van der Waals surface area contributed by atoms with E-state index in [9.17, 15) is 14.4 Å². The van der Waals surface area contributed by atoms with Crippen LogP contribution in [0.5, 0.6) is 0 Å². The second-order valence-corrected chi connectivity index (χ2v) is 7.47. The molecule has 144 valence electrons. The van der Waals surface area contributed by atoms with Crippen LogP contribution in [0.4, 0.5) is 0 Å². The van der Waals surface area contributed by atoms with Gasteiger partial charge < -0.3 is 14.8 Å². The largest absolute Gasteiger partial charge is 0.339 e. The van der Waals surface area contributed by atoms with Crippen LogP contribution in [0.15, 0.2) is 29.1 Å². The van der Waals surface area contributed by atoms with Crippen LogP contribution in [-0.2, 0) is 16.0 Å². The minimum Gasteiger partial charge on any atom is -0.339 e. The Balaban J connectivity index is 1.65. The number of benzene rings is 1. The molecule has 1 saturated heterocycles. The van der Waals surface area contributed by atoms with Gasteiger partial charge in [0, 0.05) is 32.5 Å². The molecule has 7 heteroatoms. The third kappa shape index (κ3) is 4.18. The zero-order chi connectivity index (χ0) is 19.6. The van der Waals surface area contributed by atoms with Crippen molar-refractivity contribution in [1.82, 2.24) is 19.8 Å². The highest BCUT2D eigenvalue weighted by atomic mass is 16.2. The van der Waals surface area contributed by atoms with Gasteiger partial charge in [-0.15, -0.1) is 0 Å². The van der Waals surface area contributed by atoms with Gasteiger partial charge in [-0.2, -0.15) is 0 Å². The average molecular weight is 370 g/mol. The summed E-state index contributed by atoms with van der Waals surface area (Å²) in [4.78, 5) is 48.0. The summed E-state index contributed by atoms with van der Waals surface area (Å²) in [7, 11) is 0. The number of rotatable bonds is 5. The Morgan fingerprint density at radius 3 is 2.74 bits per heavy atom. The Kier molecular flexibility index (Phi) is 5.58. The van der Waals surface area contributed by atoms with E-state index >= 15 is 0 Å². The fourth-order valence-corrected chi connectivity index (χ4v) is 3.50. The molecule has 2 amide bonds. The molecule has 0 radical (unpaired) electrons. The summed E-state index contributed by atoms with van der Waals surface area (Å²) < 4.78 is 0. The van der Waals surface area contributed by atoms with E-state index in [1.165, 1.54) is 0 Å². The number of amides is 2. The topological polar surface area (TPSA) is 86.4 Å². The lowest BCUT2D eigenvalue weighted by Gasteiger charge is -2.39. The zero-order valence-electron chi connectivity index (χ0n) is 16.1. The molecule has 0 bridgehead atoms. The number of hydrogen-bond donors (Lipinski definition) is 1. The minimum atomic E-state index is -0.465. The lowest BCUT2D eigenvalue weighted by Crippen LogP contribution is -2.58. The Morgan fingerprint density at radius 2 is 2.00 bits per heavy atom. The number of H-pyrrole nitrogens is 1. The first kappa shape index (κ1) is 19.1. The molecular weight excluding hydrogens is 344 g/mol. The molecule has 0 aliphatic carbocycles. The molecule has 3 rings (SSSR count). The maximum atomic E-state index is 12.6. The van der Waals surface area contributed by atoms with E-state index in [-0.39, 0.29) is 30.2 Å². The molecule has 27 heavy (non-hydrogen) atoms. The van der Waals surface area contributed by atoms with Crippen molar-refractivity contribution < 1.29 is 9.59 Å². The summed E-state index contributed by atoms with van der Waals surface area (Å²) in [6.45, 7) is 7.71. The molecule has 0 unspecified atom stereocenters. The van der Waals surface area contributed by atoms with Crippen molar-refractivity contribution in [2.75, 3.05) is 19.6 Å². The maximum Gasteiger partial charge on any atom is 0.270 e. The molecule has 2 aromatic rings. The van der Waals surface area contributed by atoms with Crippen molar-refractivity contribution in [3.05, 3.63) is 40.3 Å². The Morgan fingerprint density at radius 1 is 1.26 bits per heavy atom. The number of piperazine rings is 1. The SMILES string of the molecule is CC(C)CN1CCN(C(=O)CCc2nc3ccccc3[nH]c2=O)[C@H](C)C1=O. The Hall–Kier alpha value is -2.70. The molecule has 1 N–H and O–H groups in total. The van der Waals surface area contributed by atoms with Gasteiger partial charge in [-0.05, 0) is 25.0 Å². The van der Waals surface area contributed by atoms with Gasteiger partial charge in [-0.25, -0.2) is 4.98 Å². The number of fused-ring (bicyclic) bond motifs is 1. The lowest BCUT2D eigenvalue weighted by molar-refractivity contribution is -0.151. The number of nitrogens with zero attached hydrogens (tertiary/aromatic N) is 3. The normalized spacial score (nSPS) is 17.8. The van der Waals surface area contributed by atoms with Crippen LogP contribution < -0.4 is 5.56 Å². The highest BCUT2D eigenvalue weighted by molar-refractivity contribution is 5.88. The quantitative estimate of drug-likeness (QED) is 0.866. The van der Waals surface area contributed by atoms with Crippen LogP contribution >= 0.6 is 0 Å². The van der Waals surface area contributed by atoms with Gasteiger partial charge in [0.25, 0.3) is 5.56 Å². The molecule has 1 fully saturated rings. The predicted molar refractivity (Wildman–Crippen MR) is 103 cm³/mol.